The van der Waals surface area contributed by atoms with E-state index < -0.39 is 0 Å². The minimum absolute atomic E-state index is 0.151. The van der Waals surface area contributed by atoms with E-state index in [0.717, 1.165) is 30.0 Å². The molecule has 1 aromatic heterocycles. The van der Waals surface area contributed by atoms with Crippen molar-refractivity contribution in [3.63, 3.8) is 0 Å². The molecule has 3 rings (SSSR count). The number of carbonyl (C=O) groups is 1. The van der Waals surface area contributed by atoms with E-state index in [9.17, 15) is 4.79 Å². The first-order chi connectivity index (χ1) is 11.1. The molecular weight excluding hydrogens is 310 g/mol. The van der Waals surface area contributed by atoms with Crippen LogP contribution in [0.15, 0.2) is 36.7 Å². The van der Waals surface area contributed by atoms with Crippen LogP contribution in [0, 0.1) is 6.92 Å². The highest BCUT2D eigenvalue weighted by Crippen LogP contribution is 2.22. The molecule has 0 atom stereocenters. The lowest BCUT2D eigenvalue weighted by molar-refractivity contribution is 0.102. The van der Waals surface area contributed by atoms with Crippen LogP contribution in [0.1, 0.15) is 35.2 Å². The van der Waals surface area contributed by atoms with Crippen LogP contribution in [0.2, 0.25) is 5.02 Å². The highest BCUT2D eigenvalue weighted by atomic mass is 35.5. The smallest absolute Gasteiger partial charge is 0.257 e. The Morgan fingerprint density at radius 2 is 1.96 bits per heavy atom. The molecule has 0 radical (unpaired) electrons. The summed E-state index contributed by atoms with van der Waals surface area (Å²) < 4.78 is 0. The third-order valence-electron chi connectivity index (χ3n) is 4.14. The SMILES string of the molecule is Cc1cc(Cl)ccc1NC(=O)c1cncc(N2CCCCC2)c1. The molecule has 1 saturated heterocycles. The Morgan fingerprint density at radius 3 is 2.70 bits per heavy atom. The van der Waals surface area contributed by atoms with Crippen molar-refractivity contribution in [2.75, 3.05) is 23.3 Å². The number of carbonyl (C=O) groups excluding carboxylic acids is 1. The summed E-state index contributed by atoms with van der Waals surface area (Å²) in [6.07, 6.45) is 7.10. The van der Waals surface area contributed by atoms with Gasteiger partial charge in [0.25, 0.3) is 5.91 Å². The van der Waals surface area contributed by atoms with Gasteiger partial charge in [-0.3, -0.25) is 9.78 Å². The van der Waals surface area contributed by atoms with Crippen LogP contribution >= 0.6 is 11.6 Å². The zero-order chi connectivity index (χ0) is 16.2. The van der Waals surface area contributed by atoms with Crippen LogP contribution in [0.3, 0.4) is 0 Å². The number of aryl methyl sites for hydroxylation is 1. The zero-order valence-electron chi connectivity index (χ0n) is 13.2. The number of nitrogens with zero attached hydrogens (tertiary/aromatic N) is 2. The summed E-state index contributed by atoms with van der Waals surface area (Å²) >= 11 is 5.95. The highest BCUT2D eigenvalue weighted by Gasteiger charge is 2.14. The van der Waals surface area contributed by atoms with Gasteiger partial charge in [0.05, 0.1) is 17.4 Å². The Labute approximate surface area is 141 Å². The lowest BCUT2D eigenvalue weighted by atomic mass is 10.1. The summed E-state index contributed by atoms with van der Waals surface area (Å²) in [6.45, 7) is 3.98. The van der Waals surface area contributed by atoms with Gasteiger partial charge in [-0.2, -0.15) is 0 Å². The molecule has 4 nitrogen and oxygen atoms in total. The number of pyridine rings is 1. The molecule has 0 saturated carbocycles. The van der Waals surface area contributed by atoms with Crippen molar-refractivity contribution in [2.24, 2.45) is 0 Å². The third kappa shape index (κ3) is 3.82. The number of amides is 1. The van der Waals surface area contributed by atoms with Crippen LogP contribution < -0.4 is 10.2 Å². The second-order valence-corrected chi connectivity index (χ2v) is 6.33. The van der Waals surface area contributed by atoms with Crippen molar-refractivity contribution < 1.29 is 4.79 Å². The number of piperidine rings is 1. The summed E-state index contributed by atoms with van der Waals surface area (Å²) in [7, 11) is 0. The van der Waals surface area contributed by atoms with Gasteiger partial charge in [-0.15, -0.1) is 0 Å². The molecule has 0 aliphatic carbocycles. The van der Waals surface area contributed by atoms with Gasteiger partial charge in [0, 0.05) is 30.0 Å². The van der Waals surface area contributed by atoms with Crippen molar-refractivity contribution in [1.29, 1.82) is 0 Å². The third-order valence-corrected chi connectivity index (χ3v) is 4.38. The van der Waals surface area contributed by atoms with E-state index in [1.807, 2.05) is 31.3 Å². The molecule has 120 valence electrons. The Hall–Kier alpha value is -2.07. The lowest BCUT2D eigenvalue weighted by Crippen LogP contribution is -2.29. The highest BCUT2D eigenvalue weighted by molar-refractivity contribution is 6.30. The van der Waals surface area contributed by atoms with Crippen molar-refractivity contribution in [1.82, 2.24) is 4.98 Å². The molecule has 1 aliphatic heterocycles. The first-order valence-electron chi connectivity index (χ1n) is 7.91. The van der Waals surface area contributed by atoms with Crippen LogP contribution in [0.4, 0.5) is 11.4 Å². The monoisotopic (exact) mass is 329 g/mol. The number of hydrogen-bond donors (Lipinski definition) is 1. The second kappa shape index (κ2) is 7.01. The van der Waals surface area contributed by atoms with Gasteiger partial charge in [-0.25, -0.2) is 0 Å². The van der Waals surface area contributed by atoms with Crippen molar-refractivity contribution in [3.8, 4) is 0 Å². The fraction of sp³-hybridized carbons (Fsp3) is 0.333. The van der Waals surface area contributed by atoms with E-state index in [1.54, 1.807) is 12.3 Å². The number of nitrogens with one attached hydrogen (secondary N) is 1. The fourth-order valence-electron chi connectivity index (χ4n) is 2.84. The molecule has 1 aromatic carbocycles. The summed E-state index contributed by atoms with van der Waals surface area (Å²) in [6, 6.07) is 7.34. The minimum atomic E-state index is -0.151. The largest absolute Gasteiger partial charge is 0.370 e. The van der Waals surface area contributed by atoms with Crippen LogP contribution in [-0.4, -0.2) is 24.0 Å². The predicted molar refractivity (Wildman–Crippen MR) is 94.4 cm³/mol. The topological polar surface area (TPSA) is 45.2 Å². The minimum Gasteiger partial charge on any atom is -0.370 e. The Bertz CT molecular complexity index is 711. The normalized spacial score (nSPS) is 14.6. The Kier molecular flexibility index (Phi) is 4.82. The molecule has 2 heterocycles. The number of rotatable bonds is 3. The number of halogens is 1. The fourth-order valence-corrected chi connectivity index (χ4v) is 3.07. The number of aromatic nitrogens is 1. The van der Waals surface area contributed by atoms with Gasteiger partial charge in [-0.1, -0.05) is 11.6 Å². The summed E-state index contributed by atoms with van der Waals surface area (Å²) in [5, 5.41) is 3.59. The Balaban J connectivity index is 1.76. The molecule has 1 fully saturated rings. The van der Waals surface area contributed by atoms with Crippen LogP contribution in [0.5, 0.6) is 0 Å². The standard InChI is InChI=1S/C18H20ClN3O/c1-13-9-15(19)5-6-17(13)21-18(23)14-10-16(12-20-11-14)22-7-3-2-4-8-22/h5-6,9-12H,2-4,7-8H2,1H3,(H,21,23). The van der Waals surface area contributed by atoms with Crippen molar-refractivity contribution in [3.05, 3.63) is 52.8 Å². The summed E-state index contributed by atoms with van der Waals surface area (Å²) in [5.41, 5.74) is 3.29. The maximum Gasteiger partial charge on any atom is 0.257 e. The molecule has 0 bridgehead atoms. The average molecular weight is 330 g/mol. The van der Waals surface area contributed by atoms with E-state index in [-0.39, 0.29) is 5.91 Å². The average Bonchev–Trinajstić information content (AvgIpc) is 2.58. The van der Waals surface area contributed by atoms with E-state index in [1.165, 1.54) is 19.3 Å². The molecule has 2 aromatic rings. The van der Waals surface area contributed by atoms with E-state index >= 15 is 0 Å². The van der Waals surface area contributed by atoms with Gasteiger partial charge in [-0.05, 0) is 56.0 Å². The zero-order valence-corrected chi connectivity index (χ0v) is 13.9. The van der Waals surface area contributed by atoms with Crippen molar-refractivity contribution >= 4 is 28.9 Å². The molecular formula is C18H20ClN3O. The van der Waals surface area contributed by atoms with Gasteiger partial charge in [0.1, 0.15) is 0 Å². The van der Waals surface area contributed by atoms with Crippen molar-refractivity contribution in [2.45, 2.75) is 26.2 Å². The first-order valence-corrected chi connectivity index (χ1v) is 8.29. The van der Waals surface area contributed by atoms with Gasteiger partial charge >= 0.3 is 0 Å². The lowest BCUT2D eigenvalue weighted by Gasteiger charge is -2.28. The molecule has 1 amide bonds. The molecule has 5 heteroatoms. The van der Waals surface area contributed by atoms with E-state index in [0.29, 0.717) is 10.6 Å². The molecule has 1 N–H and O–H groups in total. The predicted octanol–water partition coefficient (Wildman–Crippen LogP) is 4.29. The Morgan fingerprint density at radius 1 is 1.17 bits per heavy atom. The number of anilines is 2. The number of benzene rings is 1. The molecule has 1 aliphatic rings. The number of hydrogen-bond acceptors (Lipinski definition) is 3. The van der Waals surface area contributed by atoms with Crippen LogP contribution in [0.25, 0.3) is 0 Å². The van der Waals surface area contributed by atoms with Gasteiger partial charge in [0.15, 0.2) is 0 Å². The summed E-state index contributed by atoms with van der Waals surface area (Å²) in [4.78, 5) is 19.0. The molecule has 0 unspecified atom stereocenters. The summed E-state index contributed by atoms with van der Waals surface area (Å²) in [5.74, 6) is -0.151. The first kappa shape index (κ1) is 15.8. The molecule has 0 spiro atoms. The van der Waals surface area contributed by atoms with E-state index in [2.05, 4.69) is 15.2 Å². The van der Waals surface area contributed by atoms with E-state index in [4.69, 9.17) is 11.6 Å². The maximum atomic E-state index is 12.5. The second-order valence-electron chi connectivity index (χ2n) is 5.89. The van der Waals surface area contributed by atoms with Gasteiger partial charge < -0.3 is 10.2 Å². The molecule has 23 heavy (non-hydrogen) atoms. The van der Waals surface area contributed by atoms with Crippen LogP contribution in [-0.2, 0) is 0 Å². The quantitative estimate of drug-likeness (QED) is 0.913. The van der Waals surface area contributed by atoms with Gasteiger partial charge in [0.2, 0.25) is 0 Å². The maximum absolute atomic E-state index is 12.5.